The highest BCUT2D eigenvalue weighted by Gasteiger charge is 2.35. The molecule has 0 saturated carbocycles. The van der Waals surface area contributed by atoms with Crippen LogP contribution in [0.3, 0.4) is 0 Å². The van der Waals surface area contributed by atoms with Crippen molar-refractivity contribution in [2.45, 2.75) is 13.3 Å². The summed E-state index contributed by atoms with van der Waals surface area (Å²) in [6.45, 7) is 1.80. The lowest BCUT2D eigenvalue weighted by molar-refractivity contribution is -0.119. The van der Waals surface area contributed by atoms with Gasteiger partial charge >= 0.3 is 5.97 Å². The lowest BCUT2D eigenvalue weighted by Crippen LogP contribution is -2.28. The van der Waals surface area contributed by atoms with Gasteiger partial charge in [-0.05, 0) is 73.5 Å². The van der Waals surface area contributed by atoms with Crippen molar-refractivity contribution >= 4 is 57.8 Å². The number of hydrogen-bond donors (Lipinski definition) is 2. The topological polar surface area (TPSA) is 108 Å². The summed E-state index contributed by atoms with van der Waals surface area (Å²) in [6, 6.07) is 22.4. The van der Waals surface area contributed by atoms with Crippen LogP contribution in [-0.4, -0.2) is 35.7 Å². The summed E-state index contributed by atoms with van der Waals surface area (Å²) in [7, 11) is 1.56. The van der Waals surface area contributed by atoms with Crippen LogP contribution in [0.15, 0.2) is 84.0 Å². The van der Waals surface area contributed by atoms with E-state index in [1.807, 2.05) is 18.2 Å². The average molecular weight is 574 g/mol. The van der Waals surface area contributed by atoms with Crippen LogP contribution < -0.4 is 15.1 Å². The summed E-state index contributed by atoms with van der Waals surface area (Å²) >= 11 is 7.90. The van der Waals surface area contributed by atoms with Gasteiger partial charge in [0.1, 0.15) is 5.75 Å². The second kappa shape index (κ2) is 11.3. The van der Waals surface area contributed by atoms with Crippen molar-refractivity contribution < 1.29 is 24.2 Å². The Bertz CT molecular complexity index is 1660. The Balaban J connectivity index is 1.32. The van der Waals surface area contributed by atoms with E-state index in [1.165, 1.54) is 28.5 Å². The molecule has 0 spiro atoms. The maximum Gasteiger partial charge on any atom is 0.335 e. The molecule has 8 nitrogen and oxygen atoms in total. The van der Waals surface area contributed by atoms with Crippen LogP contribution in [0.1, 0.15) is 32.5 Å². The molecule has 1 aliphatic rings. The van der Waals surface area contributed by atoms with E-state index >= 15 is 0 Å². The van der Waals surface area contributed by atoms with E-state index in [9.17, 15) is 19.5 Å². The van der Waals surface area contributed by atoms with Crippen molar-refractivity contribution in [3.63, 3.8) is 0 Å². The molecular formula is C30H24ClN3O5S. The number of anilines is 2. The molecule has 1 aromatic heterocycles. The van der Waals surface area contributed by atoms with Gasteiger partial charge in [0, 0.05) is 27.2 Å². The molecule has 0 aliphatic carbocycles. The van der Waals surface area contributed by atoms with Gasteiger partial charge in [-0.15, -0.1) is 11.3 Å². The minimum atomic E-state index is -1.07. The van der Waals surface area contributed by atoms with Crippen molar-refractivity contribution in [2.75, 3.05) is 17.4 Å². The second-order valence-corrected chi connectivity index (χ2v) is 10.7. The van der Waals surface area contributed by atoms with Crippen molar-refractivity contribution in [3.05, 3.63) is 99.9 Å². The van der Waals surface area contributed by atoms with Crippen LogP contribution in [0.5, 0.6) is 5.75 Å². The third-order valence-corrected chi connectivity index (χ3v) is 7.98. The number of nitrogens with zero attached hydrogens (tertiary/aromatic N) is 2. The molecule has 40 heavy (non-hydrogen) atoms. The van der Waals surface area contributed by atoms with E-state index in [1.54, 1.807) is 62.6 Å². The quantitative estimate of drug-likeness (QED) is 0.246. The molecule has 10 heteroatoms. The minimum Gasteiger partial charge on any atom is -0.497 e. The number of hydrogen-bond acceptors (Lipinski definition) is 6. The van der Waals surface area contributed by atoms with Gasteiger partial charge in [-0.25, -0.2) is 9.80 Å². The van der Waals surface area contributed by atoms with Crippen molar-refractivity contribution in [1.29, 1.82) is 0 Å². The first-order valence-electron chi connectivity index (χ1n) is 12.3. The molecule has 2 N–H and O–H groups in total. The molecule has 4 aromatic rings. The first-order valence-corrected chi connectivity index (χ1v) is 13.5. The Labute approximate surface area is 239 Å². The number of carbonyl (C=O) groups excluding carboxylic acids is 2. The zero-order valence-corrected chi connectivity index (χ0v) is 23.1. The molecule has 0 saturated heterocycles. The van der Waals surface area contributed by atoms with Crippen LogP contribution in [-0.2, 0) is 11.2 Å². The zero-order valence-electron chi connectivity index (χ0n) is 21.6. The third kappa shape index (κ3) is 5.61. The Morgan fingerprint density at radius 2 is 1.88 bits per heavy atom. The highest BCUT2D eigenvalue weighted by atomic mass is 35.5. The summed E-state index contributed by atoms with van der Waals surface area (Å²) in [5.74, 6) is -1.46. The van der Waals surface area contributed by atoms with E-state index in [0.717, 1.165) is 15.3 Å². The van der Waals surface area contributed by atoms with Crippen LogP contribution in [0.4, 0.5) is 11.4 Å². The number of halogens is 1. The van der Waals surface area contributed by atoms with E-state index in [2.05, 4.69) is 10.4 Å². The van der Waals surface area contributed by atoms with E-state index in [-0.39, 0.29) is 17.4 Å². The van der Waals surface area contributed by atoms with E-state index in [4.69, 9.17) is 16.3 Å². The summed E-state index contributed by atoms with van der Waals surface area (Å²) < 4.78 is 5.22. The number of benzene rings is 3. The predicted molar refractivity (Wildman–Crippen MR) is 157 cm³/mol. The van der Waals surface area contributed by atoms with Crippen LogP contribution in [0.2, 0.25) is 5.02 Å². The minimum absolute atomic E-state index is 0.0870. The van der Waals surface area contributed by atoms with Gasteiger partial charge in [-0.3, -0.25) is 9.59 Å². The van der Waals surface area contributed by atoms with Gasteiger partial charge in [-0.2, -0.15) is 5.10 Å². The van der Waals surface area contributed by atoms with Gasteiger partial charge in [0.05, 0.1) is 34.9 Å². The SMILES string of the molecule is COc1cccc(NC(=O)c2cc(-c3ccc(CC4C(=O)N(c5cccc(C(=O)O)c5)N=C4C)s3)ccc2Cl)c1. The highest BCUT2D eigenvalue weighted by molar-refractivity contribution is 7.15. The molecule has 5 rings (SSSR count). The Hall–Kier alpha value is -4.47. The van der Waals surface area contributed by atoms with Crippen LogP contribution in [0, 0.1) is 5.92 Å². The summed E-state index contributed by atoms with van der Waals surface area (Å²) in [5.41, 5.74) is 2.91. The molecule has 202 valence electrons. The number of ether oxygens (including phenoxy) is 1. The number of aromatic carboxylic acids is 1. The van der Waals surface area contributed by atoms with Gasteiger partial charge in [0.25, 0.3) is 11.8 Å². The first kappa shape index (κ1) is 27.1. The molecule has 1 unspecified atom stereocenters. The fraction of sp³-hybridized carbons (Fsp3) is 0.133. The number of thiophene rings is 1. The molecule has 1 atom stereocenters. The maximum absolute atomic E-state index is 13.2. The third-order valence-electron chi connectivity index (χ3n) is 6.50. The predicted octanol–water partition coefficient (Wildman–Crippen LogP) is 6.61. The lowest BCUT2D eigenvalue weighted by atomic mass is 9.99. The standard InChI is InChI=1S/C30H24ClN3O5S/c1-17-24(29(36)34(33-17)21-7-3-5-19(13-21)30(37)38)16-23-10-12-27(40-23)18-9-11-26(31)25(14-18)28(35)32-20-6-4-8-22(15-20)39-2/h3-15,24H,16H2,1-2H3,(H,32,35)(H,37,38). The smallest absolute Gasteiger partial charge is 0.335 e. The molecular weight excluding hydrogens is 550 g/mol. The molecule has 3 aromatic carbocycles. The zero-order chi connectivity index (χ0) is 28.4. The number of carboxylic acids is 1. The van der Waals surface area contributed by atoms with Gasteiger partial charge in [0.15, 0.2) is 0 Å². The normalized spacial score (nSPS) is 14.7. The Morgan fingerprint density at radius 1 is 1.07 bits per heavy atom. The first-order chi connectivity index (χ1) is 19.2. The summed E-state index contributed by atoms with van der Waals surface area (Å²) in [5, 5.41) is 18.2. The number of carbonyl (C=O) groups is 3. The van der Waals surface area contributed by atoms with Gasteiger partial charge in [0.2, 0.25) is 0 Å². The van der Waals surface area contributed by atoms with E-state index in [0.29, 0.717) is 39.8 Å². The molecule has 2 heterocycles. The fourth-order valence-electron chi connectivity index (χ4n) is 4.39. The number of rotatable bonds is 8. The van der Waals surface area contributed by atoms with Crippen molar-refractivity contribution in [3.8, 4) is 16.2 Å². The van der Waals surface area contributed by atoms with Gasteiger partial charge < -0.3 is 15.2 Å². The maximum atomic E-state index is 13.2. The Morgan fingerprint density at radius 3 is 2.65 bits per heavy atom. The second-order valence-electron chi connectivity index (χ2n) is 9.15. The molecule has 1 aliphatic heterocycles. The monoisotopic (exact) mass is 573 g/mol. The molecule has 0 bridgehead atoms. The fourth-order valence-corrected chi connectivity index (χ4v) is 5.64. The van der Waals surface area contributed by atoms with Crippen molar-refractivity contribution in [2.24, 2.45) is 11.0 Å². The van der Waals surface area contributed by atoms with Crippen LogP contribution in [0.25, 0.3) is 10.4 Å². The average Bonchev–Trinajstić information content (AvgIpc) is 3.53. The number of amides is 2. The molecule has 0 fully saturated rings. The van der Waals surface area contributed by atoms with E-state index < -0.39 is 11.9 Å². The van der Waals surface area contributed by atoms with Crippen LogP contribution >= 0.6 is 22.9 Å². The summed E-state index contributed by atoms with van der Waals surface area (Å²) in [6.07, 6.45) is 0.449. The Kier molecular flexibility index (Phi) is 7.68. The highest BCUT2D eigenvalue weighted by Crippen LogP contribution is 2.34. The summed E-state index contributed by atoms with van der Waals surface area (Å²) in [4.78, 5) is 39.5. The number of methoxy groups -OCH3 is 1. The number of nitrogens with one attached hydrogen (secondary N) is 1. The number of hydrazone groups is 1. The number of carboxylic acid groups (broad SMARTS) is 1. The lowest BCUT2D eigenvalue weighted by Gasteiger charge is -2.14. The molecule has 0 radical (unpaired) electrons. The molecule has 2 amide bonds. The van der Waals surface area contributed by atoms with Crippen molar-refractivity contribution in [1.82, 2.24) is 0 Å². The largest absolute Gasteiger partial charge is 0.497 e. The van der Waals surface area contributed by atoms with Gasteiger partial charge in [-0.1, -0.05) is 29.8 Å².